The van der Waals surface area contributed by atoms with Crippen LogP contribution < -0.4 is 5.32 Å². The summed E-state index contributed by atoms with van der Waals surface area (Å²) in [7, 11) is 0. The predicted octanol–water partition coefficient (Wildman–Crippen LogP) is 3.77. The molecule has 0 heterocycles. The highest BCUT2D eigenvalue weighted by Gasteiger charge is 2.51. The van der Waals surface area contributed by atoms with E-state index in [1.165, 1.54) is 12.5 Å². The number of rotatable bonds is 4. The first-order chi connectivity index (χ1) is 12.5. The van der Waals surface area contributed by atoms with Gasteiger partial charge in [-0.15, -0.1) is 0 Å². The number of nitriles is 1. The summed E-state index contributed by atoms with van der Waals surface area (Å²) in [4.78, 5) is 24.6. The van der Waals surface area contributed by atoms with Gasteiger partial charge in [-0.25, -0.2) is 0 Å². The molecular formula is C20H21ClN2O3. The zero-order chi connectivity index (χ0) is 18.3. The summed E-state index contributed by atoms with van der Waals surface area (Å²) < 4.78 is 5.34. The van der Waals surface area contributed by atoms with Gasteiger partial charge in [-0.1, -0.05) is 11.6 Å². The van der Waals surface area contributed by atoms with E-state index in [2.05, 4.69) is 5.32 Å². The van der Waals surface area contributed by atoms with Crippen LogP contribution >= 0.6 is 11.6 Å². The fourth-order valence-electron chi connectivity index (χ4n) is 5.42. The van der Waals surface area contributed by atoms with Crippen LogP contribution in [0.25, 0.3) is 0 Å². The number of anilines is 1. The Balaban J connectivity index is 1.31. The monoisotopic (exact) mass is 372 g/mol. The normalized spacial score (nSPS) is 31.3. The van der Waals surface area contributed by atoms with Gasteiger partial charge in [0, 0.05) is 5.69 Å². The molecule has 1 amide bonds. The molecule has 4 bridgehead atoms. The third-order valence-electron chi connectivity index (χ3n) is 6.22. The molecule has 0 radical (unpaired) electrons. The van der Waals surface area contributed by atoms with Gasteiger partial charge in [-0.2, -0.15) is 5.26 Å². The standard InChI is InChI=1S/C20H21ClN2O3/c21-17-8-16(2-1-13(17)9-22)23-18(24)10-26-20(25)19-14-4-11-3-12(6-14)7-15(19)5-11/h1-2,8,11-12,14-15,19H,3-7,10H2,(H,23,24). The second-order valence-corrected chi connectivity index (χ2v) is 8.33. The van der Waals surface area contributed by atoms with Crippen LogP contribution in [0.5, 0.6) is 0 Å². The first-order valence-corrected chi connectivity index (χ1v) is 9.57. The number of benzene rings is 1. The van der Waals surface area contributed by atoms with Crippen molar-refractivity contribution < 1.29 is 14.3 Å². The number of carbonyl (C=O) groups is 2. The first-order valence-electron chi connectivity index (χ1n) is 9.19. The molecule has 26 heavy (non-hydrogen) atoms. The Bertz CT molecular complexity index is 758. The SMILES string of the molecule is N#Cc1ccc(NC(=O)COC(=O)C2C3CC4CC(C3)CC2C4)cc1Cl. The summed E-state index contributed by atoms with van der Waals surface area (Å²) in [5, 5.41) is 11.8. The number of hydrogen-bond acceptors (Lipinski definition) is 4. The van der Waals surface area contributed by atoms with Gasteiger partial charge in [-0.3, -0.25) is 9.59 Å². The predicted molar refractivity (Wildman–Crippen MR) is 96.3 cm³/mol. The quantitative estimate of drug-likeness (QED) is 0.816. The largest absolute Gasteiger partial charge is 0.455 e. The van der Waals surface area contributed by atoms with E-state index in [0.717, 1.165) is 37.5 Å². The lowest BCUT2D eigenvalue weighted by Gasteiger charge is -2.53. The number of halogens is 1. The van der Waals surface area contributed by atoms with Crippen molar-refractivity contribution in [3.63, 3.8) is 0 Å². The fraction of sp³-hybridized carbons (Fsp3) is 0.550. The first kappa shape index (κ1) is 17.4. The lowest BCUT2D eigenvalue weighted by Crippen LogP contribution is -2.48. The van der Waals surface area contributed by atoms with Crippen LogP contribution in [0.2, 0.25) is 5.02 Å². The molecule has 1 aromatic rings. The minimum absolute atomic E-state index is 0.0278. The van der Waals surface area contributed by atoms with Crippen LogP contribution in [-0.4, -0.2) is 18.5 Å². The molecule has 0 unspecified atom stereocenters. The molecule has 6 heteroatoms. The Labute approximate surface area is 157 Å². The smallest absolute Gasteiger partial charge is 0.310 e. The molecule has 5 nitrogen and oxygen atoms in total. The maximum Gasteiger partial charge on any atom is 0.310 e. The molecule has 5 rings (SSSR count). The molecule has 0 saturated heterocycles. The molecule has 0 spiro atoms. The van der Waals surface area contributed by atoms with Crippen LogP contribution in [0.4, 0.5) is 5.69 Å². The lowest BCUT2D eigenvalue weighted by atomic mass is 9.52. The number of hydrogen-bond donors (Lipinski definition) is 1. The van der Waals surface area contributed by atoms with Crippen molar-refractivity contribution in [3.8, 4) is 6.07 Å². The third kappa shape index (κ3) is 3.31. The minimum atomic E-state index is -0.400. The Hall–Kier alpha value is -2.06. The van der Waals surface area contributed by atoms with Crippen LogP contribution in [0.15, 0.2) is 18.2 Å². The topological polar surface area (TPSA) is 79.2 Å². The summed E-state index contributed by atoms with van der Waals surface area (Å²) in [5.74, 6) is 1.84. The van der Waals surface area contributed by atoms with Crippen molar-refractivity contribution in [2.24, 2.45) is 29.6 Å². The molecule has 4 saturated carbocycles. The molecule has 0 aromatic heterocycles. The highest BCUT2D eigenvalue weighted by Crippen LogP contribution is 2.56. The number of nitrogens with one attached hydrogen (secondary N) is 1. The van der Waals surface area contributed by atoms with E-state index in [1.54, 1.807) is 12.1 Å². The van der Waals surface area contributed by atoms with E-state index in [1.807, 2.05) is 6.07 Å². The van der Waals surface area contributed by atoms with E-state index >= 15 is 0 Å². The van der Waals surface area contributed by atoms with E-state index in [0.29, 0.717) is 23.1 Å². The summed E-state index contributed by atoms with van der Waals surface area (Å²) in [5.41, 5.74) is 0.822. The van der Waals surface area contributed by atoms with Gasteiger partial charge < -0.3 is 10.1 Å². The third-order valence-corrected chi connectivity index (χ3v) is 6.53. The van der Waals surface area contributed by atoms with Gasteiger partial charge >= 0.3 is 5.97 Å². The molecule has 4 fully saturated rings. The molecule has 4 aliphatic rings. The second-order valence-electron chi connectivity index (χ2n) is 7.92. The average molecular weight is 373 g/mol. The van der Waals surface area contributed by atoms with E-state index in [-0.39, 0.29) is 23.5 Å². The highest BCUT2D eigenvalue weighted by molar-refractivity contribution is 6.32. The summed E-state index contributed by atoms with van der Waals surface area (Å²) >= 11 is 5.95. The molecule has 1 N–H and O–H groups in total. The number of amides is 1. The number of carbonyl (C=O) groups excluding carboxylic acids is 2. The molecule has 0 aliphatic heterocycles. The van der Waals surface area contributed by atoms with Crippen LogP contribution in [0, 0.1) is 40.9 Å². The Morgan fingerprint density at radius 3 is 2.38 bits per heavy atom. The molecular weight excluding hydrogens is 352 g/mol. The number of esters is 1. The fourth-order valence-corrected chi connectivity index (χ4v) is 5.65. The Morgan fingerprint density at radius 1 is 1.15 bits per heavy atom. The van der Waals surface area contributed by atoms with Crippen molar-refractivity contribution in [2.45, 2.75) is 32.1 Å². The van der Waals surface area contributed by atoms with Crippen LogP contribution in [0.1, 0.15) is 37.7 Å². The minimum Gasteiger partial charge on any atom is -0.455 e. The summed E-state index contributed by atoms with van der Waals surface area (Å²) in [6.45, 7) is -0.292. The molecule has 4 aliphatic carbocycles. The number of ether oxygens (including phenoxy) is 1. The zero-order valence-electron chi connectivity index (χ0n) is 14.4. The second kappa shape index (κ2) is 6.92. The average Bonchev–Trinajstić information content (AvgIpc) is 2.59. The van der Waals surface area contributed by atoms with Crippen LogP contribution in [-0.2, 0) is 14.3 Å². The maximum atomic E-state index is 12.6. The van der Waals surface area contributed by atoms with Crippen molar-refractivity contribution in [1.29, 1.82) is 5.26 Å². The molecule has 136 valence electrons. The maximum absolute atomic E-state index is 12.6. The van der Waals surface area contributed by atoms with E-state index in [9.17, 15) is 9.59 Å². The summed E-state index contributed by atoms with van der Waals surface area (Å²) in [6, 6.07) is 6.61. The molecule has 1 aromatic carbocycles. The van der Waals surface area contributed by atoms with Gasteiger partial charge in [0.25, 0.3) is 5.91 Å². The van der Waals surface area contributed by atoms with Crippen molar-refractivity contribution >= 4 is 29.2 Å². The lowest BCUT2D eigenvalue weighted by molar-refractivity contribution is -0.164. The van der Waals surface area contributed by atoms with Crippen molar-refractivity contribution in [3.05, 3.63) is 28.8 Å². The van der Waals surface area contributed by atoms with Gasteiger partial charge in [-0.05, 0) is 74.0 Å². The van der Waals surface area contributed by atoms with Gasteiger partial charge in [0.05, 0.1) is 16.5 Å². The van der Waals surface area contributed by atoms with Gasteiger partial charge in [0.1, 0.15) is 6.07 Å². The van der Waals surface area contributed by atoms with Crippen LogP contribution in [0.3, 0.4) is 0 Å². The Kier molecular flexibility index (Phi) is 4.62. The van der Waals surface area contributed by atoms with E-state index < -0.39 is 5.91 Å². The molecule has 0 atom stereocenters. The van der Waals surface area contributed by atoms with E-state index in [4.69, 9.17) is 21.6 Å². The van der Waals surface area contributed by atoms with Gasteiger partial charge in [0.2, 0.25) is 0 Å². The van der Waals surface area contributed by atoms with Crippen molar-refractivity contribution in [1.82, 2.24) is 0 Å². The van der Waals surface area contributed by atoms with Gasteiger partial charge in [0.15, 0.2) is 6.61 Å². The van der Waals surface area contributed by atoms with Crippen molar-refractivity contribution in [2.75, 3.05) is 11.9 Å². The highest BCUT2D eigenvalue weighted by atomic mass is 35.5. The number of nitrogens with zero attached hydrogens (tertiary/aromatic N) is 1. The Morgan fingerprint density at radius 2 is 1.81 bits per heavy atom. The summed E-state index contributed by atoms with van der Waals surface area (Å²) in [6.07, 6.45) is 5.90. The zero-order valence-corrected chi connectivity index (χ0v) is 15.2.